The van der Waals surface area contributed by atoms with Gasteiger partial charge in [-0.25, -0.2) is 0 Å². The number of amides is 1. The summed E-state index contributed by atoms with van der Waals surface area (Å²) in [6, 6.07) is 5.60. The monoisotopic (exact) mass is 357 g/mol. The van der Waals surface area contributed by atoms with Crippen molar-refractivity contribution in [2.75, 3.05) is 0 Å². The molecule has 4 heteroatoms. The Kier molecular flexibility index (Phi) is 5.02. The highest BCUT2D eigenvalue weighted by Crippen LogP contribution is 2.42. The van der Waals surface area contributed by atoms with Gasteiger partial charge in [-0.3, -0.25) is 4.79 Å². The van der Waals surface area contributed by atoms with Crippen LogP contribution < -0.4 is 5.73 Å². The van der Waals surface area contributed by atoms with Crippen LogP contribution in [0.4, 0.5) is 0 Å². The zero-order chi connectivity index (χ0) is 19.1. The molecule has 1 amide bonds. The second kappa shape index (κ2) is 6.82. The van der Waals surface area contributed by atoms with Crippen molar-refractivity contribution >= 4 is 11.5 Å². The van der Waals surface area contributed by atoms with Gasteiger partial charge in [-0.15, -0.1) is 0 Å². The molecule has 142 valence electrons. The number of primary amides is 1. The molecule has 1 aromatic rings. The zero-order valence-corrected chi connectivity index (χ0v) is 16.3. The zero-order valence-electron chi connectivity index (χ0n) is 16.3. The number of hydrogen-bond donors (Lipinski definition) is 2. The van der Waals surface area contributed by atoms with E-state index in [1.807, 2.05) is 26.0 Å². The highest BCUT2D eigenvalue weighted by atomic mass is 16.5. The average Bonchev–Trinajstić information content (AvgIpc) is 2.53. The second-order valence-electron chi connectivity index (χ2n) is 8.92. The third kappa shape index (κ3) is 3.86. The van der Waals surface area contributed by atoms with E-state index >= 15 is 0 Å². The molecule has 1 aliphatic heterocycles. The summed E-state index contributed by atoms with van der Waals surface area (Å²) >= 11 is 0. The predicted molar refractivity (Wildman–Crippen MR) is 104 cm³/mol. The number of ether oxygens (including phenoxy) is 1. The molecule has 0 bridgehead atoms. The Morgan fingerprint density at radius 2 is 1.88 bits per heavy atom. The van der Waals surface area contributed by atoms with Crippen molar-refractivity contribution in [1.82, 2.24) is 0 Å². The van der Waals surface area contributed by atoms with E-state index in [0.29, 0.717) is 18.4 Å². The molecule has 2 atom stereocenters. The number of allylic oxidation sites excluding steroid dienone is 2. The van der Waals surface area contributed by atoms with Gasteiger partial charge in [0.15, 0.2) is 0 Å². The maximum atomic E-state index is 12.0. The van der Waals surface area contributed by atoms with Gasteiger partial charge in [-0.2, -0.15) is 0 Å². The van der Waals surface area contributed by atoms with Crippen LogP contribution in [-0.4, -0.2) is 23.2 Å². The van der Waals surface area contributed by atoms with E-state index in [0.717, 1.165) is 36.0 Å². The quantitative estimate of drug-likeness (QED) is 0.853. The summed E-state index contributed by atoms with van der Waals surface area (Å²) in [6.45, 7) is 8.51. The Bertz CT molecular complexity index is 725. The molecule has 0 aromatic heterocycles. The summed E-state index contributed by atoms with van der Waals surface area (Å²) in [6.07, 6.45) is 6.32. The molecule has 3 rings (SSSR count). The molecule has 1 aliphatic carbocycles. The molecule has 0 saturated carbocycles. The first kappa shape index (κ1) is 19.1. The van der Waals surface area contributed by atoms with E-state index in [9.17, 15) is 9.90 Å². The van der Waals surface area contributed by atoms with Gasteiger partial charge in [-0.05, 0) is 67.4 Å². The minimum atomic E-state index is -0.934. The summed E-state index contributed by atoms with van der Waals surface area (Å²) in [5, 5.41) is 11.3. The minimum Gasteiger partial charge on any atom is -0.385 e. The van der Waals surface area contributed by atoms with Crippen LogP contribution >= 0.6 is 0 Å². The van der Waals surface area contributed by atoms with Gasteiger partial charge < -0.3 is 15.6 Å². The van der Waals surface area contributed by atoms with Crippen molar-refractivity contribution in [2.24, 2.45) is 11.1 Å². The van der Waals surface area contributed by atoms with E-state index < -0.39 is 11.5 Å². The van der Waals surface area contributed by atoms with Gasteiger partial charge in [0, 0.05) is 18.4 Å². The number of nitrogens with two attached hydrogens (primary N) is 1. The van der Waals surface area contributed by atoms with E-state index in [2.05, 4.69) is 19.9 Å². The lowest BCUT2D eigenvalue weighted by Crippen LogP contribution is -2.41. The number of rotatable bonds is 3. The van der Waals surface area contributed by atoms with Gasteiger partial charge in [0.2, 0.25) is 5.91 Å². The molecule has 4 nitrogen and oxygen atoms in total. The van der Waals surface area contributed by atoms with E-state index in [1.54, 1.807) is 6.07 Å². The maximum absolute atomic E-state index is 12.0. The Labute approximate surface area is 156 Å². The Balaban J connectivity index is 2.02. The standard InChI is InChI=1S/C22H31NO3/c1-14-12-22(25,13-15(2)26-14)17-5-6-18(20(23)24)19(11-17)16-7-9-21(3,4)10-8-16/h5-7,11,14-15,25H,8-10,12-13H2,1-4H3,(H2,23,24)/t14-,15-/m0/s1. The third-order valence-corrected chi connectivity index (χ3v) is 5.86. The topological polar surface area (TPSA) is 72.5 Å². The molecule has 26 heavy (non-hydrogen) atoms. The molecule has 2 aliphatic rings. The number of hydrogen-bond acceptors (Lipinski definition) is 3. The lowest BCUT2D eigenvalue weighted by atomic mass is 9.75. The lowest BCUT2D eigenvalue weighted by Gasteiger charge is -2.40. The van der Waals surface area contributed by atoms with Crippen molar-refractivity contribution in [3.63, 3.8) is 0 Å². The van der Waals surface area contributed by atoms with E-state index in [4.69, 9.17) is 10.5 Å². The number of benzene rings is 1. The normalized spacial score (nSPS) is 31.3. The summed E-state index contributed by atoms with van der Waals surface area (Å²) in [7, 11) is 0. The average molecular weight is 357 g/mol. The molecule has 1 saturated heterocycles. The SMILES string of the molecule is C[C@H]1CC(O)(c2ccc(C(N)=O)c(C3=CCC(C)(C)CC3)c2)C[C@H](C)O1. The van der Waals surface area contributed by atoms with Crippen LogP contribution in [0.15, 0.2) is 24.3 Å². The lowest BCUT2D eigenvalue weighted by molar-refractivity contribution is -0.135. The van der Waals surface area contributed by atoms with Crippen LogP contribution in [0.25, 0.3) is 5.57 Å². The summed E-state index contributed by atoms with van der Waals surface area (Å²) in [4.78, 5) is 12.0. The van der Waals surface area contributed by atoms with Crippen LogP contribution in [0.1, 0.15) is 81.3 Å². The van der Waals surface area contributed by atoms with Crippen molar-refractivity contribution in [2.45, 2.75) is 77.6 Å². The predicted octanol–water partition coefficient (Wildman–Crippen LogP) is 4.15. The smallest absolute Gasteiger partial charge is 0.249 e. The first-order valence-corrected chi connectivity index (χ1v) is 9.61. The molecule has 1 heterocycles. The molecule has 1 aromatic carbocycles. The van der Waals surface area contributed by atoms with Gasteiger partial charge >= 0.3 is 0 Å². The van der Waals surface area contributed by atoms with Crippen LogP contribution in [0.2, 0.25) is 0 Å². The molecule has 0 unspecified atom stereocenters. The third-order valence-electron chi connectivity index (χ3n) is 5.86. The van der Waals surface area contributed by atoms with Crippen molar-refractivity contribution in [3.05, 3.63) is 41.0 Å². The van der Waals surface area contributed by atoms with Crippen LogP contribution in [-0.2, 0) is 10.3 Å². The highest BCUT2D eigenvalue weighted by molar-refractivity contribution is 5.98. The fraction of sp³-hybridized carbons (Fsp3) is 0.591. The molecular formula is C22H31NO3. The van der Waals surface area contributed by atoms with Gasteiger partial charge in [-0.1, -0.05) is 26.0 Å². The van der Waals surface area contributed by atoms with Gasteiger partial charge in [0.1, 0.15) is 0 Å². The van der Waals surface area contributed by atoms with Gasteiger partial charge in [0.25, 0.3) is 0 Å². The first-order valence-electron chi connectivity index (χ1n) is 9.61. The van der Waals surface area contributed by atoms with Crippen molar-refractivity contribution in [3.8, 4) is 0 Å². The Hall–Kier alpha value is -1.65. The molecule has 1 fully saturated rings. The second-order valence-corrected chi connectivity index (χ2v) is 8.92. The fourth-order valence-electron chi connectivity index (χ4n) is 4.40. The maximum Gasteiger partial charge on any atom is 0.249 e. The number of carbonyl (C=O) groups excluding carboxylic acids is 1. The van der Waals surface area contributed by atoms with E-state index in [1.165, 1.54) is 0 Å². The van der Waals surface area contributed by atoms with Crippen molar-refractivity contribution < 1.29 is 14.6 Å². The highest BCUT2D eigenvalue weighted by Gasteiger charge is 2.39. The van der Waals surface area contributed by atoms with Crippen LogP contribution in [0.3, 0.4) is 0 Å². The van der Waals surface area contributed by atoms with Crippen LogP contribution in [0.5, 0.6) is 0 Å². The van der Waals surface area contributed by atoms with Crippen molar-refractivity contribution in [1.29, 1.82) is 0 Å². The molecule has 0 spiro atoms. The summed E-state index contributed by atoms with van der Waals surface area (Å²) in [5.41, 5.74) is 8.42. The fourth-order valence-corrected chi connectivity index (χ4v) is 4.40. The first-order chi connectivity index (χ1) is 12.1. The number of carbonyl (C=O) groups is 1. The Morgan fingerprint density at radius 3 is 2.42 bits per heavy atom. The largest absolute Gasteiger partial charge is 0.385 e. The summed E-state index contributed by atoms with van der Waals surface area (Å²) < 4.78 is 5.79. The molecule has 3 N–H and O–H groups in total. The number of aliphatic hydroxyl groups is 1. The molecular weight excluding hydrogens is 326 g/mol. The minimum absolute atomic E-state index is 0.00212. The summed E-state index contributed by atoms with van der Waals surface area (Å²) in [5.74, 6) is -0.419. The van der Waals surface area contributed by atoms with E-state index in [-0.39, 0.29) is 17.6 Å². The molecule has 0 radical (unpaired) electrons. The Morgan fingerprint density at radius 1 is 1.23 bits per heavy atom. The van der Waals surface area contributed by atoms with Gasteiger partial charge in [0.05, 0.1) is 17.8 Å². The van der Waals surface area contributed by atoms with Crippen LogP contribution in [0, 0.1) is 5.41 Å².